The first-order valence-electron chi connectivity index (χ1n) is 13.1. The van der Waals surface area contributed by atoms with Crippen molar-refractivity contribution in [3.63, 3.8) is 0 Å². The van der Waals surface area contributed by atoms with Gasteiger partial charge < -0.3 is 20.9 Å². The molecule has 4 rings (SSSR count). The lowest BCUT2D eigenvalue weighted by molar-refractivity contribution is -0.116. The van der Waals surface area contributed by atoms with Crippen molar-refractivity contribution < 1.29 is 9.59 Å². The van der Waals surface area contributed by atoms with E-state index >= 15 is 0 Å². The first-order chi connectivity index (χ1) is 18.9. The zero-order valence-electron chi connectivity index (χ0n) is 22.3. The van der Waals surface area contributed by atoms with Crippen LogP contribution in [-0.4, -0.2) is 51.3 Å². The van der Waals surface area contributed by atoms with E-state index in [0.717, 1.165) is 60.6 Å². The van der Waals surface area contributed by atoms with E-state index in [2.05, 4.69) is 66.1 Å². The summed E-state index contributed by atoms with van der Waals surface area (Å²) in [6.07, 6.45) is 16.2. The van der Waals surface area contributed by atoms with Crippen LogP contribution in [0.1, 0.15) is 52.4 Å². The number of aromatic nitrogens is 4. The van der Waals surface area contributed by atoms with Gasteiger partial charge in [-0.3, -0.25) is 9.59 Å². The van der Waals surface area contributed by atoms with Gasteiger partial charge in [-0.15, -0.1) is 20.4 Å². The summed E-state index contributed by atoms with van der Waals surface area (Å²) >= 11 is 2.69. The van der Waals surface area contributed by atoms with Crippen LogP contribution >= 0.6 is 22.7 Å². The summed E-state index contributed by atoms with van der Waals surface area (Å²) in [6, 6.07) is 0.152. The molecule has 0 bridgehead atoms. The maximum Gasteiger partial charge on any atom is 0.230 e. The number of nitrogens with zero attached hydrogens (tertiary/aromatic N) is 5. The van der Waals surface area contributed by atoms with Crippen LogP contribution in [0.3, 0.4) is 0 Å². The van der Waals surface area contributed by atoms with E-state index in [0.29, 0.717) is 21.8 Å². The van der Waals surface area contributed by atoms with Crippen molar-refractivity contribution in [3.05, 3.63) is 59.8 Å². The topological polar surface area (TPSA) is 125 Å². The smallest absolute Gasteiger partial charge is 0.230 e. The predicted molar refractivity (Wildman–Crippen MR) is 159 cm³/mol. The van der Waals surface area contributed by atoms with Gasteiger partial charge in [-0.05, 0) is 49.3 Å². The summed E-state index contributed by atoms with van der Waals surface area (Å²) in [6.45, 7) is 9.28. The molecular formula is C27H34N8O2S2. The van der Waals surface area contributed by atoms with E-state index < -0.39 is 0 Å². The maximum absolute atomic E-state index is 12.6. The number of carbonyl (C=O) groups excluding carboxylic acids is 2. The lowest BCUT2D eigenvalue weighted by atomic mass is 10.0. The molecule has 1 saturated heterocycles. The molecular weight excluding hydrogens is 532 g/mol. The molecule has 1 aliphatic carbocycles. The van der Waals surface area contributed by atoms with Crippen LogP contribution in [0.5, 0.6) is 0 Å². The molecule has 0 radical (unpaired) electrons. The second kappa shape index (κ2) is 13.9. The summed E-state index contributed by atoms with van der Waals surface area (Å²) < 4.78 is 0. The van der Waals surface area contributed by atoms with Crippen LogP contribution in [0.15, 0.2) is 59.8 Å². The summed E-state index contributed by atoms with van der Waals surface area (Å²) in [7, 11) is 0. The third-order valence-electron chi connectivity index (χ3n) is 6.23. The Morgan fingerprint density at radius 1 is 1.10 bits per heavy atom. The SMILES string of the molecule is C=C/C=C(C)\C(=C/CC)CC(=O)Nc1nnc(NC2CCN(c3nnc(NC(=O)CC4=CCCC=C4)s3)C2)s1. The fourth-order valence-corrected chi connectivity index (χ4v) is 5.87. The first kappa shape index (κ1) is 28.4. The molecule has 0 saturated carbocycles. The van der Waals surface area contributed by atoms with Crippen molar-refractivity contribution in [2.75, 3.05) is 33.9 Å². The van der Waals surface area contributed by atoms with Gasteiger partial charge in [0.2, 0.25) is 32.3 Å². The zero-order chi connectivity index (χ0) is 27.6. The molecule has 12 heteroatoms. The van der Waals surface area contributed by atoms with Gasteiger partial charge in [-0.2, -0.15) is 0 Å². The van der Waals surface area contributed by atoms with Crippen molar-refractivity contribution >= 4 is 55.0 Å². The summed E-state index contributed by atoms with van der Waals surface area (Å²) in [5.41, 5.74) is 3.03. The number of hydrogen-bond acceptors (Lipinski definition) is 10. The van der Waals surface area contributed by atoms with Crippen molar-refractivity contribution in [3.8, 4) is 0 Å². The summed E-state index contributed by atoms with van der Waals surface area (Å²) in [5, 5.41) is 28.3. The minimum atomic E-state index is -0.132. The van der Waals surface area contributed by atoms with E-state index in [-0.39, 0.29) is 24.3 Å². The Bertz CT molecular complexity index is 1310. The molecule has 206 valence electrons. The molecule has 2 aromatic rings. The molecule has 0 aromatic carbocycles. The molecule has 1 unspecified atom stereocenters. The van der Waals surface area contributed by atoms with E-state index in [4.69, 9.17) is 0 Å². The molecule has 39 heavy (non-hydrogen) atoms. The van der Waals surface area contributed by atoms with E-state index in [1.54, 1.807) is 6.08 Å². The molecule has 10 nitrogen and oxygen atoms in total. The Morgan fingerprint density at radius 3 is 2.64 bits per heavy atom. The van der Waals surface area contributed by atoms with Crippen molar-refractivity contribution in [1.82, 2.24) is 20.4 Å². The molecule has 2 aliphatic rings. The van der Waals surface area contributed by atoms with Crippen LogP contribution in [-0.2, 0) is 9.59 Å². The highest BCUT2D eigenvalue weighted by atomic mass is 32.1. The van der Waals surface area contributed by atoms with Gasteiger partial charge in [0, 0.05) is 19.1 Å². The van der Waals surface area contributed by atoms with Gasteiger partial charge in [0.25, 0.3) is 0 Å². The third kappa shape index (κ3) is 8.42. The fraction of sp³-hybridized carbons (Fsp3) is 0.407. The molecule has 1 fully saturated rings. The maximum atomic E-state index is 12.6. The van der Waals surface area contributed by atoms with Crippen molar-refractivity contribution in [2.24, 2.45) is 0 Å². The number of carbonyl (C=O) groups is 2. The minimum Gasteiger partial charge on any atom is -0.355 e. The zero-order valence-corrected chi connectivity index (χ0v) is 23.9. The largest absolute Gasteiger partial charge is 0.355 e. The lowest BCUT2D eigenvalue weighted by Gasteiger charge is -2.14. The molecule has 3 N–H and O–H groups in total. The average molecular weight is 567 g/mol. The van der Waals surface area contributed by atoms with E-state index in [9.17, 15) is 9.59 Å². The molecule has 1 atom stereocenters. The second-order valence-corrected chi connectivity index (χ2v) is 11.2. The van der Waals surface area contributed by atoms with Gasteiger partial charge in [0.05, 0.1) is 12.8 Å². The molecule has 3 heterocycles. The highest BCUT2D eigenvalue weighted by molar-refractivity contribution is 7.19. The predicted octanol–water partition coefficient (Wildman–Crippen LogP) is 5.48. The molecule has 0 spiro atoms. The fourth-order valence-electron chi connectivity index (χ4n) is 4.34. The van der Waals surface area contributed by atoms with Gasteiger partial charge in [0.15, 0.2) is 0 Å². The lowest BCUT2D eigenvalue weighted by Crippen LogP contribution is -2.25. The van der Waals surface area contributed by atoms with Gasteiger partial charge >= 0.3 is 0 Å². The molecule has 2 aromatic heterocycles. The second-order valence-electron chi connectivity index (χ2n) is 9.31. The minimum absolute atomic E-state index is 0.0865. The van der Waals surface area contributed by atoms with Crippen LogP contribution in [0.2, 0.25) is 0 Å². The number of nitrogens with one attached hydrogen (secondary N) is 3. The standard InChI is InChI=1S/C27H34N8O2S2/c1-4-9-18(3)20(10-5-2)16-23(37)30-25-32-31-24(38-25)28-21-13-14-35(17-21)27-34-33-26(39-27)29-22(36)15-19-11-7-6-8-12-19/h4,7,9-12,21H,1,5-6,8,13-17H2,2-3H3,(H,28,31)(H,29,33,36)(H,30,32,37)/b18-9-,20-10-. The highest BCUT2D eigenvalue weighted by Crippen LogP contribution is 2.29. The van der Waals surface area contributed by atoms with Gasteiger partial charge in [0.1, 0.15) is 0 Å². The summed E-state index contributed by atoms with van der Waals surface area (Å²) in [4.78, 5) is 27.1. The van der Waals surface area contributed by atoms with Crippen LogP contribution in [0, 0.1) is 0 Å². The van der Waals surface area contributed by atoms with E-state index in [1.165, 1.54) is 22.7 Å². The van der Waals surface area contributed by atoms with E-state index in [1.807, 2.05) is 26.0 Å². The quantitative estimate of drug-likeness (QED) is 0.288. The number of amides is 2. The average Bonchev–Trinajstić information content (AvgIpc) is 3.66. The highest BCUT2D eigenvalue weighted by Gasteiger charge is 2.26. The number of allylic oxidation sites excluding steroid dienone is 7. The Kier molecular flexibility index (Phi) is 10.1. The van der Waals surface area contributed by atoms with Crippen molar-refractivity contribution in [2.45, 2.75) is 58.4 Å². The molecule has 2 amide bonds. The first-order valence-corrected chi connectivity index (χ1v) is 14.7. The molecule has 1 aliphatic heterocycles. The van der Waals surface area contributed by atoms with Gasteiger partial charge in [-0.25, -0.2) is 0 Å². The van der Waals surface area contributed by atoms with Gasteiger partial charge in [-0.1, -0.05) is 72.6 Å². The third-order valence-corrected chi connectivity index (χ3v) is 7.90. The monoisotopic (exact) mass is 566 g/mol. The number of anilines is 4. The normalized spacial score (nSPS) is 17.6. The Labute approximate surface area is 236 Å². The number of hydrogen-bond donors (Lipinski definition) is 3. The number of rotatable bonds is 12. The Morgan fingerprint density at radius 2 is 1.87 bits per heavy atom. The van der Waals surface area contributed by atoms with Crippen LogP contribution in [0.25, 0.3) is 0 Å². The van der Waals surface area contributed by atoms with Crippen LogP contribution in [0.4, 0.5) is 20.5 Å². The Hall–Kier alpha value is -3.64. The van der Waals surface area contributed by atoms with Crippen molar-refractivity contribution in [1.29, 1.82) is 0 Å². The Balaban J connectivity index is 1.24. The van der Waals surface area contributed by atoms with Crippen LogP contribution < -0.4 is 20.9 Å². The summed E-state index contributed by atoms with van der Waals surface area (Å²) in [5.74, 6) is -0.219.